The van der Waals surface area contributed by atoms with E-state index in [1.54, 1.807) is 0 Å². The van der Waals surface area contributed by atoms with Crippen LogP contribution in [0.4, 0.5) is 0 Å². The van der Waals surface area contributed by atoms with E-state index in [0.717, 1.165) is 18.5 Å². The van der Waals surface area contributed by atoms with Crippen molar-refractivity contribution in [3.8, 4) is 0 Å². The minimum atomic E-state index is 0.755. The molecule has 0 amide bonds. The zero-order valence-electron chi connectivity index (χ0n) is 9.54. The third-order valence-electron chi connectivity index (χ3n) is 3.16. The van der Waals surface area contributed by atoms with Gasteiger partial charge in [-0.2, -0.15) is 11.8 Å². The van der Waals surface area contributed by atoms with E-state index in [2.05, 4.69) is 30.5 Å². The van der Waals surface area contributed by atoms with Gasteiger partial charge in [-0.05, 0) is 50.3 Å². The Morgan fingerprint density at radius 3 is 2.93 bits per heavy atom. The van der Waals surface area contributed by atoms with Crippen molar-refractivity contribution in [2.45, 2.75) is 32.7 Å². The number of nitrogens with two attached hydrogens (primary N) is 1. The quantitative estimate of drug-likeness (QED) is 0.687. The molecule has 0 radical (unpaired) electrons. The van der Waals surface area contributed by atoms with E-state index in [9.17, 15) is 0 Å². The van der Waals surface area contributed by atoms with Crippen molar-refractivity contribution >= 4 is 11.8 Å². The lowest BCUT2D eigenvalue weighted by atomic mass is 10.1. The molecular formula is C11H24N2S. The molecule has 0 bridgehead atoms. The number of hydrogen-bond acceptors (Lipinski definition) is 3. The third-order valence-corrected chi connectivity index (χ3v) is 4.09. The van der Waals surface area contributed by atoms with E-state index in [-0.39, 0.29) is 0 Å². The second kappa shape index (κ2) is 6.70. The second-order valence-electron chi connectivity index (χ2n) is 4.22. The lowest BCUT2D eigenvalue weighted by Crippen LogP contribution is -2.32. The van der Waals surface area contributed by atoms with Gasteiger partial charge in [0, 0.05) is 12.6 Å². The fourth-order valence-corrected chi connectivity index (χ4v) is 2.83. The molecule has 2 N–H and O–H groups in total. The highest BCUT2D eigenvalue weighted by Crippen LogP contribution is 2.19. The van der Waals surface area contributed by atoms with Gasteiger partial charge in [-0.1, -0.05) is 6.92 Å². The molecule has 0 spiro atoms. The molecule has 84 valence electrons. The Morgan fingerprint density at radius 1 is 1.57 bits per heavy atom. The summed E-state index contributed by atoms with van der Waals surface area (Å²) in [5.74, 6) is 3.32. The van der Waals surface area contributed by atoms with Crippen molar-refractivity contribution in [3.05, 3.63) is 0 Å². The Hall–Kier alpha value is 0.270. The normalized spacial score (nSPS) is 25.5. The Morgan fingerprint density at radius 2 is 2.36 bits per heavy atom. The first-order valence-corrected chi connectivity index (χ1v) is 6.95. The van der Waals surface area contributed by atoms with Gasteiger partial charge in [-0.15, -0.1) is 0 Å². The Kier molecular flexibility index (Phi) is 5.90. The molecule has 2 nitrogen and oxygen atoms in total. The molecule has 0 aromatic rings. The SMILES string of the molecule is CCSCCC(C)N1CCC(CN)C1. The molecule has 0 aromatic carbocycles. The van der Waals surface area contributed by atoms with Crippen LogP contribution >= 0.6 is 11.8 Å². The molecule has 1 heterocycles. The van der Waals surface area contributed by atoms with Gasteiger partial charge in [0.1, 0.15) is 0 Å². The molecule has 1 saturated heterocycles. The largest absolute Gasteiger partial charge is 0.330 e. The van der Waals surface area contributed by atoms with Crippen LogP contribution in [0.5, 0.6) is 0 Å². The van der Waals surface area contributed by atoms with Gasteiger partial charge < -0.3 is 10.6 Å². The van der Waals surface area contributed by atoms with Crippen LogP contribution in [0, 0.1) is 5.92 Å². The highest BCUT2D eigenvalue weighted by atomic mass is 32.2. The van der Waals surface area contributed by atoms with E-state index >= 15 is 0 Å². The minimum absolute atomic E-state index is 0.755. The zero-order valence-corrected chi connectivity index (χ0v) is 10.4. The van der Waals surface area contributed by atoms with Gasteiger partial charge in [0.15, 0.2) is 0 Å². The summed E-state index contributed by atoms with van der Waals surface area (Å²) in [5, 5.41) is 0. The lowest BCUT2D eigenvalue weighted by molar-refractivity contribution is 0.245. The van der Waals surface area contributed by atoms with Crippen LogP contribution < -0.4 is 5.73 Å². The average molecular weight is 216 g/mol. The predicted octanol–water partition coefficient (Wildman–Crippen LogP) is 1.80. The first-order valence-electron chi connectivity index (χ1n) is 5.79. The number of rotatable bonds is 6. The lowest BCUT2D eigenvalue weighted by Gasteiger charge is -2.24. The summed E-state index contributed by atoms with van der Waals surface area (Å²) >= 11 is 2.05. The maximum absolute atomic E-state index is 5.69. The summed E-state index contributed by atoms with van der Waals surface area (Å²) in [6.45, 7) is 7.95. The first kappa shape index (κ1) is 12.3. The molecule has 0 saturated carbocycles. The van der Waals surface area contributed by atoms with Gasteiger partial charge in [-0.25, -0.2) is 0 Å². The number of likely N-dealkylation sites (tertiary alicyclic amines) is 1. The second-order valence-corrected chi connectivity index (χ2v) is 5.61. The van der Waals surface area contributed by atoms with Crippen LogP contribution in [0.2, 0.25) is 0 Å². The average Bonchev–Trinajstić information content (AvgIpc) is 2.66. The van der Waals surface area contributed by atoms with E-state index in [1.165, 1.54) is 37.4 Å². The van der Waals surface area contributed by atoms with Crippen LogP contribution in [-0.2, 0) is 0 Å². The fourth-order valence-electron chi connectivity index (χ4n) is 2.04. The van der Waals surface area contributed by atoms with Crippen molar-refractivity contribution in [3.63, 3.8) is 0 Å². The minimum Gasteiger partial charge on any atom is -0.330 e. The summed E-state index contributed by atoms with van der Waals surface area (Å²) in [6.07, 6.45) is 2.64. The highest BCUT2D eigenvalue weighted by molar-refractivity contribution is 7.99. The van der Waals surface area contributed by atoms with Crippen molar-refractivity contribution in [2.24, 2.45) is 11.7 Å². The standard InChI is InChI=1S/C11H24N2S/c1-3-14-7-5-10(2)13-6-4-11(8-12)9-13/h10-11H,3-9,12H2,1-2H3. The smallest absolute Gasteiger partial charge is 0.00749 e. The summed E-state index contributed by atoms with van der Waals surface area (Å²) in [6, 6.07) is 0.755. The molecule has 1 rings (SSSR count). The van der Waals surface area contributed by atoms with Gasteiger partial charge in [0.05, 0.1) is 0 Å². The van der Waals surface area contributed by atoms with E-state index in [1.807, 2.05) is 0 Å². The van der Waals surface area contributed by atoms with Crippen LogP contribution in [-0.4, -0.2) is 42.1 Å². The molecule has 3 heteroatoms. The first-order chi connectivity index (χ1) is 6.77. The fraction of sp³-hybridized carbons (Fsp3) is 1.00. The molecule has 14 heavy (non-hydrogen) atoms. The van der Waals surface area contributed by atoms with Crippen molar-refractivity contribution < 1.29 is 0 Å². The molecule has 1 aliphatic heterocycles. The maximum Gasteiger partial charge on any atom is 0.00749 e. The topological polar surface area (TPSA) is 29.3 Å². The molecule has 1 fully saturated rings. The number of thioether (sulfide) groups is 1. The molecule has 1 aliphatic rings. The Labute approximate surface area is 92.6 Å². The Balaban J connectivity index is 2.15. The van der Waals surface area contributed by atoms with Crippen LogP contribution in [0.25, 0.3) is 0 Å². The zero-order chi connectivity index (χ0) is 10.4. The van der Waals surface area contributed by atoms with E-state index in [4.69, 9.17) is 5.73 Å². The molecule has 2 atom stereocenters. The van der Waals surface area contributed by atoms with E-state index in [0.29, 0.717) is 0 Å². The van der Waals surface area contributed by atoms with Gasteiger partial charge in [0.2, 0.25) is 0 Å². The molecular weight excluding hydrogens is 192 g/mol. The number of nitrogens with zero attached hydrogens (tertiary/aromatic N) is 1. The molecule has 0 aliphatic carbocycles. The van der Waals surface area contributed by atoms with Crippen molar-refractivity contribution in [2.75, 3.05) is 31.1 Å². The van der Waals surface area contributed by atoms with Crippen LogP contribution in [0.15, 0.2) is 0 Å². The summed E-state index contributed by atoms with van der Waals surface area (Å²) < 4.78 is 0. The van der Waals surface area contributed by atoms with Gasteiger partial charge >= 0.3 is 0 Å². The maximum atomic E-state index is 5.69. The van der Waals surface area contributed by atoms with Crippen molar-refractivity contribution in [1.82, 2.24) is 4.90 Å². The monoisotopic (exact) mass is 216 g/mol. The van der Waals surface area contributed by atoms with Crippen LogP contribution in [0.1, 0.15) is 26.7 Å². The van der Waals surface area contributed by atoms with E-state index < -0.39 is 0 Å². The summed E-state index contributed by atoms with van der Waals surface area (Å²) in [7, 11) is 0. The summed E-state index contributed by atoms with van der Waals surface area (Å²) in [4.78, 5) is 2.60. The van der Waals surface area contributed by atoms with Crippen molar-refractivity contribution in [1.29, 1.82) is 0 Å². The molecule has 2 unspecified atom stereocenters. The number of hydrogen-bond donors (Lipinski definition) is 1. The van der Waals surface area contributed by atoms with Crippen LogP contribution in [0.3, 0.4) is 0 Å². The van der Waals surface area contributed by atoms with Gasteiger partial charge in [0.25, 0.3) is 0 Å². The predicted molar refractivity (Wildman–Crippen MR) is 65.8 cm³/mol. The highest BCUT2D eigenvalue weighted by Gasteiger charge is 2.24. The Bertz CT molecular complexity index is 152. The van der Waals surface area contributed by atoms with Gasteiger partial charge in [-0.3, -0.25) is 0 Å². The molecule has 0 aromatic heterocycles. The third kappa shape index (κ3) is 3.79. The summed E-state index contributed by atoms with van der Waals surface area (Å²) in [5.41, 5.74) is 5.69.